The molecule has 1 atom stereocenters. The summed E-state index contributed by atoms with van der Waals surface area (Å²) in [4.78, 5) is 24.7. The van der Waals surface area contributed by atoms with E-state index >= 15 is 0 Å². The highest BCUT2D eigenvalue weighted by molar-refractivity contribution is 7.84. The zero-order chi connectivity index (χ0) is 27.7. The number of hydrogen-bond donors (Lipinski definition) is 0. The maximum atomic E-state index is 15.0. The van der Waals surface area contributed by atoms with Crippen LogP contribution in [0.15, 0.2) is 38.6 Å². The fourth-order valence-corrected chi connectivity index (χ4v) is 5.45. The summed E-state index contributed by atoms with van der Waals surface area (Å²) in [6.45, 7) is 5.88. The van der Waals surface area contributed by atoms with Crippen LogP contribution in [0, 0.1) is 12.7 Å². The Morgan fingerprint density at radius 2 is 1.97 bits per heavy atom. The molecule has 3 heterocycles. The summed E-state index contributed by atoms with van der Waals surface area (Å²) in [6.07, 6.45) is 2.68. The Morgan fingerprint density at radius 1 is 1.15 bits per heavy atom. The van der Waals surface area contributed by atoms with Crippen LogP contribution >= 0.6 is 0 Å². The zero-order valence-electron chi connectivity index (χ0n) is 22.3. The number of aromatic nitrogens is 2. The van der Waals surface area contributed by atoms with Crippen LogP contribution < -0.4 is 15.3 Å². The number of nitrogens with zero attached hydrogens (tertiary/aromatic N) is 3. The Balaban J connectivity index is 1.84. The lowest BCUT2D eigenvalue weighted by Crippen LogP contribution is -2.29. The third-order valence-electron chi connectivity index (χ3n) is 6.83. The Kier molecular flexibility index (Phi) is 7.92. The first-order valence-electron chi connectivity index (χ1n) is 12.7. The van der Waals surface area contributed by atoms with Crippen LogP contribution in [-0.2, 0) is 26.7 Å². The van der Waals surface area contributed by atoms with Gasteiger partial charge in [-0.1, -0.05) is 13.0 Å². The van der Waals surface area contributed by atoms with Crippen molar-refractivity contribution in [3.63, 3.8) is 0 Å². The number of fused-ring (bicyclic) bond motifs is 2. The summed E-state index contributed by atoms with van der Waals surface area (Å²) in [5, 5.41) is 1.67. The average Bonchev–Trinajstić information content (AvgIpc) is 3.22. The topological polar surface area (TPSA) is 104 Å². The van der Waals surface area contributed by atoms with E-state index < -0.39 is 16.4 Å². The van der Waals surface area contributed by atoms with Gasteiger partial charge in [-0.05, 0) is 54.3 Å². The molecular weight excluding hydrogens is 525 g/mol. The highest BCUT2D eigenvalue weighted by Gasteiger charge is 2.25. The van der Waals surface area contributed by atoms with Gasteiger partial charge in [-0.15, -0.1) is 0 Å². The predicted molar refractivity (Wildman–Crippen MR) is 148 cm³/mol. The van der Waals surface area contributed by atoms with Crippen LogP contribution in [0.25, 0.3) is 33.0 Å². The van der Waals surface area contributed by atoms with Gasteiger partial charge >= 0.3 is 5.63 Å². The largest absolute Gasteiger partial charge is 0.468 e. The molecule has 0 N–H and O–H groups in total. The van der Waals surface area contributed by atoms with Crippen molar-refractivity contribution < 1.29 is 27.2 Å². The molecule has 0 radical (unpaired) electrons. The fourth-order valence-electron chi connectivity index (χ4n) is 5.01. The Labute approximate surface area is 227 Å². The molecule has 1 saturated heterocycles. The third kappa shape index (κ3) is 5.13. The molecule has 9 nitrogen and oxygen atoms in total. The van der Waals surface area contributed by atoms with E-state index in [1.807, 2.05) is 11.8 Å². The number of methoxy groups -OCH3 is 1. The van der Waals surface area contributed by atoms with Crippen LogP contribution in [0.3, 0.4) is 0 Å². The molecule has 0 saturated carbocycles. The molecule has 2 aromatic carbocycles. The van der Waals surface area contributed by atoms with Gasteiger partial charge in [-0.3, -0.25) is 4.21 Å². The lowest BCUT2D eigenvalue weighted by atomic mass is 9.93. The number of anilines is 1. The van der Waals surface area contributed by atoms with Crippen LogP contribution in [0.2, 0.25) is 0 Å². The molecule has 0 spiro atoms. The molecule has 1 fully saturated rings. The quantitative estimate of drug-likeness (QED) is 0.243. The third-order valence-corrected chi connectivity index (χ3v) is 7.52. The van der Waals surface area contributed by atoms with E-state index in [9.17, 15) is 13.4 Å². The van der Waals surface area contributed by atoms with Crippen LogP contribution in [0.5, 0.6) is 5.75 Å². The molecule has 4 aromatic rings. The monoisotopic (exact) mass is 555 g/mol. The summed E-state index contributed by atoms with van der Waals surface area (Å²) < 4.78 is 49.9. The molecule has 2 aromatic heterocycles. The van der Waals surface area contributed by atoms with E-state index in [0.29, 0.717) is 71.9 Å². The van der Waals surface area contributed by atoms with E-state index in [1.165, 1.54) is 19.4 Å². The van der Waals surface area contributed by atoms with Gasteiger partial charge in [-0.25, -0.2) is 19.2 Å². The maximum Gasteiger partial charge on any atom is 0.349 e. The summed E-state index contributed by atoms with van der Waals surface area (Å²) in [7, 11) is 0.0117. The number of benzene rings is 2. The van der Waals surface area contributed by atoms with Crippen LogP contribution in [0.4, 0.5) is 10.2 Å². The molecule has 5 rings (SSSR count). The first kappa shape index (κ1) is 27.2. The van der Waals surface area contributed by atoms with Gasteiger partial charge in [0.25, 0.3) is 0 Å². The summed E-state index contributed by atoms with van der Waals surface area (Å²) >= 11 is 0. The molecule has 11 heteroatoms. The molecule has 0 aliphatic carbocycles. The number of ether oxygens (including phenoxy) is 3. The summed E-state index contributed by atoms with van der Waals surface area (Å²) in [6, 6.07) is 6.60. The van der Waals surface area contributed by atoms with Crippen molar-refractivity contribution in [2.45, 2.75) is 31.8 Å². The Morgan fingerprint density at radius 3 is 2.72 bits per heavy atom. The van der Waals surface area contributed by atoms with Crippen molar-refractivity contribution in [2.24, 2.45) is 0 Å². The van der Waals surface area contributed by atoms with Gasteiger partial charge in [0.1, 0.15) is 28.5 Å². The van der Waals surface area contributed by atoms with E-state index in [-0.39, 0.29) is 28.9 Å². The van der Waals surface area contributed by atoms with Gasteiger partial charge in [0.2, 0.25) is 5.16 Å². The first-order valence-corrected chi connectivity index (χ1v) is 14.3. The summed E-state index contributed by atoms with van der Waals surface area (Å²) in [5.74, 6) is 0.728. The molecule has 1 aliphatic heterocycles. The lowest BCUT2D eigenvalue weighted by Gasteiger charge is -2.23. The van der Waals surface area contributed by atoms with Crippen molar-refractivity contribution in [3.05, 3.63) is 51.6 Å². The molecule has 39 heavy (non-hydrogen) atoms. The van der Waals surface area contributed by atoms with Crippen molar-refractivity contribution in [2.75, 3.05) is 51.4 Å². The minimum Gasteiger partial charge on any atom is -0.468 e. The van der Waals surface area contributed by atoms with E-state index in [0.717, 1.165) is 11.8 Å². The number of hydrogen-bond acceptors (Lipinski definition) is 9. The number of rotatable bonds is 7. The molecular formula is C28H30FN3O6S. The first-order chi connectivity index (χ1) is 18.8. The van der Waals surface area contributed by atoms with Crippen LogP contribution in [0.1, 0.15) is 24.5 Å². The van der Waals surface area contributed by atoms with Crippen molar-refractivity contribution >= 4 is 38.3 Å². The van der Waals surface area contributed by atoms with Gasteiger partial charge in [0.05, 0.1) is 22.9 Å². The van der Waals surface area contributed by atoms with Gasteiger partial charge in [-0.2, -0.15) is 0 Å². The number of halogens is 1. The second-order valence-electron chi connectivity index (χ2n) is 9.30. The smallest absolute Gasteiger partial charge is 0.349 e. The lowest BCUT2D eigenvalue weighted by molar-refractivity contribution is 0.0512. The second kappa shape index (κ2) is 11.4. The minimum absolute atomic E-state index is 0.00916. The molecule has 0 bridgehead atoms. The van der Waals surface area contributed by atoms with E-state index in [1.54, 1.807) is 25.1 Å². The number of aryl methyl sites for hydroxylation is 2. The zero-order valence-corrected chi connectivity index (χ0v) is 23.2. The van der Waals surface area contributed by atoms with Crippen molar-refractivity contribution in [1.82, 2.24) is 9.97 Å². The minimum atomic E-state index is -1.50. The highest BCUT2D eigenvalue weighted by atomic mass is 32.2. The maximum absolute atomic E-state index is 15.0. The summed E-state index contributed by atoms with van der Waals surface area (Å²) in [5.41, 5.74) is 1.24. The average molecular weight is 556 g/mol. The van der Waals surface area contributed by atoms with Crippen LogP contribution in [-0.4, -0.2) is 60.6 Å². The normalized spacial score (nSPS) is 15.1. The fraction of sp³-hybridized carbons (Fsp3) is 0.393. The molecule has 206 valence electrons. The van der Waals surface area contributed by atoms with Gasteiger partial charge < -0.3 is 23.5 Å². The molecule has 1 unspecified atom stereocenters. The highest BCUT2D eigenvalue weighted by Crippen LogP contribution is 2.39. The standard InChI is InChI=1S/C28H30FN3O6S/c1-5-19-21(29)8-7-17-13-18(37-15-35-3)14-20(22(17)19)25-16(2)24-23(27(33)38-25)26(31-28(30-24)39(4)34)32-9-6-11-36-12-10-32/h7-8,13-14H,5-6,9-12,15H2,1-4H3. The predicted octanol–water partition coefficient (Wildman–Crippen LogP) is 4.36. The SMILES string of the molecule is CCc1c(F)ccc2cc(OCOC)cc(-c3oc(=O)c4c(N5CCCOCC5)nc(S(C)=O)nc4c3C)c12. The van der Waals surface area contributed by atoms with E-state index in [2.05, 4.69) is 9.97 Å². The van der Waals surface area contributed by atoms with Gasteiger partial charge in [0, 0.05) is 44.2 Å². The molecule has 0 amide bonds. The molecule has 1 aliphatic rings. The Bertz CT molecular complexity index is 1630. The van der Waals surface area contributed by atoms with Gasteiger partial charge in [0.15, 0.2) is 6.79 Å². The second-order valence-corrected chi connectivity index (χ2v) is 10.6. The Hall–Kier alpha value is -3.41. The van der Waals surface area contributed by atoms with E-state index in [4.69, 9.17) is 18.6 Å². The van der Waals surface area contributed by atoms with Crippen molar-refractivity contribution in [3.8, 4) is 17.1 Å². The van der Waals surface area contributed by atoms with Crippen molar-refractivity contribution in [1.29, 1.82) is 0 Å².